The fourth-order valence-corrected chi connectivity index (χ4v) is 3.99. The van der Waals surface area contributed by atoms with E-state index < -0.39 is 5.97 Å². The van der Waals surface area contributed by atoms with E-state index in [1.807, 2.05) is 19.9 Å². The Bertz CT molecular complexity index is 898. The number of nitrogens with zero attached hydrogens (tertiary/aromatic N) is 1. The summed E-state index contributed by atoms with van der Waals surface area (Å²) in [7, 11) is 4.34. The molecule has 0 spiro atoms. The summed E-state index contributed by atoms with van der Waals surface area (Å²) in [6.45, 7) is 3.79. The maximum absolute atomic E-state index is 12.8. The number of methoxy groups -OCH3 is 3. The molecular weight excluding hydrogens is 406 g/mol. The third-order valence-electron chi connectivity index (χ3n) is 4.59. The molecule has 0 aliphatic rings. The average molecular weight is 434 g/mol. The van der Waals surface area contributed by atoms with E-state index in [2.05, 4.69) is 0 Å². The molecule has 0 unspecified atom stereocenters. The van der Waals surface area contributed by atoms with Gasteiger partial charge in [-0.05, 0) is 37.6 Å². The van der Waals surface area contributed by atoms with Crippen LogP contribution in [0.4, 0.5) is 0 Å². The van der Waals surface area contributed by atoms with Crippen LogP contribution in [0.15, 0.2) is 24.3 Å². The van der Waals surface area contributed by atoms with Gasteiger partial charge in [0.25, 0.3) is 0 Å². The lowest BCUT2D eigenvalue weighted by Gasteiger charge is -2.22. The fraction of sp³-hybridized carbons (Fsp3) is 0.409. The van der Waals surface area contributed by atoms with Crippen LogP contribution < -0.4 is 9.47 Å². The van der Waals surface area contributed by atoms with Crippen LogP contribution in [-0.2, 0) is 20.9 Å². The first kappa shape index (κ1) is 23.4. The topological polar surface area (TPSA) is 82.1 Å². The Hall–Kier alpha value is -2.87. The Morgan fingerprint density at radius 1 is 0.933 bits per heavy atom. The van der Waals surface area contributed by atoms with Crippen molar-refractivity contribution in [1.29, 1.82) is 0 Å². The number of ketones is 1. The lowest BCUT2D eigenvalue weighted by atomic mass is 10.1. The molecule has 162 valence electrons. The number of esters is 1. The van der Waals surface area contributed by atoms with Gasteiger partial charge in [-0.1, -0.05) is 0 Å². The maximum atomic E-state index is 12.8. The predicted molar refractivity (Wildman–Crippen MR) is 114 cm³/mol. The van der Waals surface area contributed by atoms with E-state index >= 15 is 0 Å². The first-order valence-corrected chi connectivity index (χ1v) is 10.3. The van der Waals surface area contributed by atoms with E-state index in [-0.39, 0.29) is 37.6 Å². The van der Waals surface area contributed by atoms with Crippen LogP contribution in [0.25, 0.3) is 0 Å². The van der Waals surface area contributed by atoms with Crippen LogP contribution in [0.1, 0.15) is 38.5 Å². The summed E-state index contributed by atoms with van der Waals surface area (Å²) in [5.74, 6) is 0.238. The highest BCUT2D eigenvalue weighted by Crippen LogP contribution is 2.25. The van der Waals surface area contributed by atoms with Crippen molar-refractivity contribution in [2.45, 2.75) is 33.2 Å². The van der Waals surface area contributed by atoms with Gasteiger partial charge in [-0.2, -0.15) is 0 Å². The quantitative estimate of drug-likeness (QED) is 0.421. The second-order valence-electron chi connectivity index (χ2n) is 6.80. The molecule has 1 aromatic carbocycles. The van der Waals surface area contributed by atoms with Gasteiger partial charge in [0.15, 0.2) is 5.78 Å². The van der Waals surface area contributed by atoms with E-state index in [1.54, 1.807) is 29.5 Å². The molecule has 2 rings (SSSR count). The van der Waals surface area contributed by atoms with Crippen molar-refractivity contribution in [3.05, 3.63) is 45.1 Å². The molecule has 0 bridgehead atoms. The zero-order chi connectivity index (χ0) is 22.3. The van der Waals surface area contributed by atoms with Gasteiger partial charge in [-0.25, -0.2) is 0 Å². The molecule has 7 nitrogen and oxygen atoms in total. The second kappa shape index (κ2) is 10.8. The largest absolute Gasteiger partial charge is 0.497 e. The van der Waals surface area contributed by atoms with E-state index in [1.165, 1.54) is 26.2 Å². The Morgan fingerprint density at radius 3 is 2.07 bits per heavy atom. The van der Waals surface area contributed by atoms with Gasteiger partial charge < -0.3 is 19.1 Å². The zero-order valence-corrected chi connectivity index (χ0v) is 18.8. The number of hydrogen-bond donors (Lipinski definition) is 0. The van der Waals surface area contributed by atoms with E-state index in [0.717, 1.165) is 15.3 Å². The van der Waals surface area contributed by atoms with E-state index in [9.17, 15) is 14.4 Å². The minimum atomic E-state index is -0.533. The molecule has 1 amide bonds. The van der Waals surface area contributed by atoms with Crippen LogP contribution in [-0.4, -0.2) is 50.4 Å². The molecule has 8 heteroatoms. The number of benzene rings is 1. The molecular formula is C22H27NO6S. The van der Waals surface area contributed by atoms with Crippen LogP contribution in [0.2, 0.25) is 0 Å². The third kappa shape index (κ3) is 6.32. The number of amides is 1. The van der Waals surface area contributed by atoms with Crippen LogP contribution >= 0.6 is 11.3 Å². The molecule has 0 aliphatic heterocycles. The molecule has 0 N–H and O–H groups in total. The average Bonchev–Trinajstić information content (AvgIpc) is 3.08. The SMILES string of the molecule is COC(=O)CN(Cc1cc(OC)cc(OC)c1)C(=O)CCC(=O)c1cc(C)sc1C. The van der Waals surface area contributed by atoms with Gasteiger partial charge in [-0.15, -0.1) is 11.3 Å². The Balaban J connectivity index is 2.13. The highest BCUT2D eigenvalue weighted by molar-refractivity contribution is 7.12. The monoisotopic (exact) mass is 433 g/mol. The zero-order valence-electron chi connectivity index (χ0n) is 17.9. The van der Waals surface area contributed by atoms with Crippen molar-refractivity contribution in [3.8, 4) is 11.5 Å². The van der Waals surface area contributed by atoms with Crippen LogP contribution in [0, 0.1) is 13.8 Å². The number of rotatable bonds is 10. The normalized spacial score (nSPS) is 10.4. The number of carbonyl (C=O) groups excluding carboxylic acids is 3. The summed E-state index contributed by atoms with van der Waals surface area (Å²) in [5.41, 5.74) is 1.39. The highest BCUT2D eigenvalue weighted by atomic mass is 32.1. The summed E-state index contributed by atoms with van der Waals surface area (Å²) in [5, 5.41) is 0. The molecule has 1 aromatic heterocycles. The molecule has 0 saturated carbocycles. The van der Waals surface area contributed by atoms with Crippen molar-refractivity contribution in [2.24, 2.45) is 0 Å². The van der Waals surface area contributed by atoms with Crippen molar-refractivity contribution < 1.29 is 28.6 Å². The first-order chi connectivity index (χ1) is 14.3. The van der Waals surface area contributed by atoms with Gasteiger partial charge in [0, 0.05) is 40.8 Å². The first-order valence-electron chi connectivity index (χ1n) is 9.44. The Labute approximate surface area is 180 Å². The standard InChI is InChI=1S/C22H27NO6S/c1-14-8-19(15(2)30-14)20(24)6-7-21(25)23(13-22(26)29-5)12-16-9-17(27-3)11-18(10-16)28-4/h8-11H,6-7,12-13H2,1-5H3. The Kier molecular flexibility index (Phi) is 8.41. The molecule has 0 fully saturated rings. The summed E-state index contributed by atoms with van der Waals surface area (Å²) in [4.78, 5) is 40.6. The molecule has 30 heavy (non-hydrogen) atoms. The molecule has 0 saturated heterocycles. The minimum Gasteiger partial charge on any atom is -0.497 e. The van der Waals surface area contributed by atoms with E-state index in [0.29, 0.717) is 17.1 Å². The van der Waals surface area contributed by atoms with Gasteiger partial charge in [0.1, 0.15) is 18.0 Å². The summed E-state index contributed by atoms with van der Waals surface area (Å²) >= 11 is 1.56. The fourth-order valence-electron chi connectivity index (χ4n) is 3.05. The number of carbonyl (C=O) groups is 3. The summed E-state index contributed by atoms with van der Waals surface area (Å²) in [6.07, 6.45) is 0.0835. The van der Waals surface area contributed by atoms with Crippen LogP contribution in [0.3, 0.4) is 0 Å². The molecule has 0 aliphatic carbocycles. The molecule has 1 heterocycles. The van der Waals surface area contributed by atoms with E-state index in [4.69, 9.17) is 14.2 Å². The second-order valence-corrected chi connectivity index (χ2v) is 8.26. The number of thiophene rings is 1. The molecule has 0 atom stereocenters. The van der Waals surface area contributed by atoms with Gasteiger partial charge in [-0.3, -0.25) is 14.4 Å². The highest BCUT2D eigenvalue weighted by Gasteiger charge is 2.21. The van der Waals surface area contributed by atoms with Crippen molar-refractivity contribution in [3.63, 3.8) is 0 Å². The number of Topliss-reactive ketones (excluding diaryl/α,β-unsaturated/α-hetero) is 1. The summed E-state index contributed by atoms with van der Waals surface area (Å²) < 4.78 is 15.3. The number of hydrogen-bond acceptors (Lipinski definition) is 7. The smallest absolute Gasteiger partial charge is 0.325 e. The molecule has 0 radical (unpaired) electrons. The van der Waals surface area contributed by atoms with Crippen molar-refractivity contribution in [2.75, 3.05) is 27.9 Å². The maximum Gasteiger partial charge on any atom is 0.325 e. The minimum absolute atomic E-state index is 0.00522. The Morgan fingerprint density at radius 2 is 1.57 bits per heavy atom. The van der Waals surface area contributed by atoms with Gasteiger partial charge in [0.05, 0.1) is 21.3 Å². The predicted octanol–water partition coefficient (Wildman–Crippen LogP) is 3.55. The lowest BCUT2D eigenvalue weighted by molar-refractivity contribution is -0.147. The van der Waals surface area contributed by atoms with Crippen molar-refractivity contribution in [1.82, 2.24) is 4.90 Å². The summed E-state index contributed by atoms with van der Waals surface area (Å²) in [6, 6.07) is 7.10. The van der Waals surface area contributed by atoms with Gasteiger partial charge >= 0.3 is 5.97 Å². The molecule has 2 aromatic rings. The van der Waals surface area contributed by atoms with Crippen LogP contribution in [0.5, 0.6) is 11.5 Å². The third-order valence-corrected chi connectivity index (χ3v) is 5.56. The lowest BCUT2D eigenvalue weighted by Crippen LogP contribution is -2.36. The van der Waals surface area contributed by atoms with Crippen molar-refractivity contribution >= 4 is 29.0 Å². The number of ether oxygens (including phenoxy) is 3. The van der Waals surface area contributed by atoms with Gasteiger partial charge in [0.2, 0.25) is 5.91 Å². The number of aryl methyl sites for hydroxylation is 2.